The Morgan fingerprint density at radius 3 is 2.34 bits per heavy atom. The third kappa shape index (κ3) is 8.96. The number of aliphatic carboxylic acids is 1. The van der Waals surface area contributed by atoms with Crippen LogP contribution >= 0.6 is 0 Å². The number of carbonyl (C=O) groups is 1. The maximum Gasteiger partial charge on any atom is 0.490 e. The molecule has 9 nitrogen and oxygen atoms in total. The first-order valence-electron chi connectivity index (χ1n) is 14.8. The molecule has 2 aliphatic rings. The molecular formula is C35H32F3N5O4. The maximum atomic E-state index is 12.4. The molecule has 6 rings (SSSR count). The average molecular weight is 644 g/mol. The van der Waals surface area contributed by atoms with Gasteiger partial charge in [-0.05, 0) is 54.5 Å². The van der Waals surface area contributed by atoms with E-state index in [9.17, 15) is 18.0 Å². The third-order valence-electron chi connectivity index (χ3n) is 7.31. The second-order valence-corrected chi connectivity index (χ2v) is 11.2. The predicted molar refractivity (Wildman–Crippen MR) is 172 cm³/mol. The lowest BCUT2D eigenvalue weighted by atomic mass is 10.1. The van der Waals surface area contributed by atoms with Crippen LogP contribution < -0.4 is 16.0 Å². The summed E-state index contributed by atoms with van der Waals surface area (Å²) in [5, 5.41) is 17.7. The van der Waals surface area contributed by atoms with Crippen LogP contribution in [0.15, 0.2) is 100 Å². The van der Waals surface area contributed by atoms with E-state index in [4.69, 9.17) is 14.6 Å². The minimum absolute atomic E-state index is 0.239. The number of aromatic amines is 1. The maximum absolute atomic E-state index is 12.4. The first kappa shape index (κ1) is 33.2. The number of carboxylic acids is 1. The monoisotopic (exact) mass is 643 g/mol. The normalized spacial score (nSPS) is 18.2. The Bertz CT molecular complexity index is 1960. The van der Waals surface area contributed by atoms with Gasteiger partial charge in [-0.15, -0.1) is 10.2 Å². The van der Waals surface area contributed by atoms with Crippen LogP contribution in [0.2, 0.25) is 0 Å². The van der Waals surface area contributed by atoms with Crippen LogP contribution in [0, 0.1) is 0 Å². The lowest BCUT2D eigenvalue weighted by Crippen LogP contribution is -2.44. The Hall–Kier alpha value is -5.20. The number of benzene rings is 3. The fraction of sp³-hybridized carbons (Fsp3) is 0.229. The first-order chi connectivity index (χ1) is 22.4. The predicted octanol–water partition coefficient (Wildman–Crippen LogP) is 5.43. The molecule has 0 spiro atoms. The minimum Gasteiger partial charge on any atom is -0.475 e. The molecule has 4 aromatic rings. The summed E-state index contributed by atoms with van der Waals surface area (Å²) in [6.07, 6.45) is 2.92. The van der Waals surface area contributed by atoms with E-state index in [1.807, 2.05) is 54.6 Å². The van der Waals surface area contributed by atoms with E-state index in [2.05, 4.69) is 69.3 Å². The fourth-order valence-corrected chi connectivity index (χ4v) is 5.24. The standard InChI is InChI=1S/C33H31N5O2.C2HF3O2/c1-22-19-38(20-23(2)40-22)21-25-10-8-24(9-11-25)13-15-29-28-14-12-26(16-30(28)37-36-29)17-31-33(39)34-18-32(35-31)27-6-4-3-5-7-27;3-2(4,5)1(6)7/h3-18,22-23H,19-21H2,1-2H3,(H,34,39);(H,6,7)/b15-13+,26-17?;/t22-,23+;. The van der Waals surface area contributed by atoms with Gasteiger partial charge in [0.1, 0.15) is 5.69 Å². The van der Waals surface area contributed by atoms with Gasteiger partial charge in [-0.3, -0.25) is 9.69 Å². The van der Waals surface area contributed by atoms with Gasteiger partial charge in [0.15, 0.2) is 0 Å². The molecule has 0 radical (unpaired) electrons. The summed E-state index contributed by atoms with van der Waals surface area (Å²) in [5.74, 6) is -2.76. The highest BCUT2D eigenvalue weighted by atomic mass is 19.4. The molecule has 1 aromatic heterocycles. The number of nitrogens with zero attached hydrogens (tertiary/aromatic N) is 4. The Kier molecular flexibility index (Phi) is 10.2. The van der Waals surface area contributed by atoms with Gasteiger partial charge < -0.3 is 14.8 Å². The Morgan fingerprint density at radius 2 is 1.68 bits per heavy atom. The van der Waals surface area contributed by atoms with Crippen molar-refractivity contribution in [1.29, 1.82) is 0 Å². The molecule has 47 heavy (non-hydrogen) atoms. The summed E-state index contributed by atoms with van der Waals surface area (Å²) in [6.45, 7) is 7.12. The van der Waals surface area contributed by atoms with E-state index in [1.54, 1.807) is 12.3 Å². The smallest absolute Gasteiger partial charge is 0.475 e. The molecular weight excluding hydrogens is 611 g/mol. The van der Waals surface area contributed by atoms with Crippen molar-refractivity contribution in [3.8, 4) is 11.3 Å². The minimum atomic E-state index is -5.08. The van der Waals surface area contributed by atoms with Crippen LogP contribution in [0.25, 0.3) is 29.1 Å². The largest absolute Gasteiger partial charge is 0.490 e. The van der Waals surface area contributed by atoms with Gasteiger partial charge in [0.25, 0.3) is 5.56 Å². The number of aromatic nitrogens is 2. The summed E-state index contributed by atoms with van der Waals surface area (Å²) in [4.78, 5) is 31.2. The Balaban J connectivity index is 0.000000559. The quantitative estimate of drug-likeness (QED) is 0.289. The number of H-pyrrole nitrogens is 1. The molecule has 0 amide bonds. The second kappa shape index (κ2) is 14.5. The summed E-state index contributed by atoms with van der Waals surface area (Å²) < 4.78 is 37.6. The van der Waals surface area contributed by atoms with Gasteiger partial charge >= 0.3 is 12.1 Å². The number of rotatable bonds is 6. The second-order valence-electron chi connectivity index (χ2n) is 11.2. The molecule has 2 atom stereocenters. The van der Waals surface area contributed by atoms with Crippen LogP contribution in [0.3, 0.4) is 0 Å². The summed E-state index contributed by atoms with van der Waals surface area (Å²) in [5.41, 5.74) is 5.75. The van der Waals surface area contributed by atoms with Crippen molar-refractivity contribution >= 4 is 29.5 Å². The molecule has 1 saturated heterocycles. The topological polar surface area (TPSA) is 120 Å². The van der Waals surface area contributed by atoms with Gasteiger partial charge in [0.05, 0.1) is 29.3 Å². The number of halogens is 3. The molecule has 2 N–H and O–H groups in total. The van der Waals surface area contributed by atoms with Crippen LogP contribution in [0.4, 0.5) is 18.9 Å². The summed E-state index contributed by atoms with van der Waals surface area (Å²) in [6, 6.07) is 24.3. The zero-order valence-corrected chi connectivity index (χ0v) is 25.6. The highest BCUT2D eigenvalue weighted by Crippen LogP contribution is 2.19. The van der Waals surface area contributed by atoms with Crippen LogP contribution in [0.1, 0.15) is 30.7 Å². The van der Waals surface area contributed by atoms with Gasteiger partial charge in [-0.2, -0.15) is 13.2 Å². The molecule has 12 heteroatoms. The van der Waals surface area contributed by atoms with Gasteiger partial charge in [0, 0.05) is 36.6 Å². The molecule has 0 aliphatic carbocycles. The number of nitrogens with one attached hydrogen (secondary N) is 1. The number of ether oxygens (including phenoxy) is 1. The zero-order valence-electron chi connectivity index (χ0n) is 25.6. The molecule has 2 aliphatic heterocycles. The number of fused-ring (bicyclic) bond motifs is 1. The SMILES string of the molecule is C[C@@H]1CN(Cc2ccc(/C=C/C3=c4ccc(=Cc5nc(-c6ccccc6)c[nH]c5=O)cc4N=N3)cc2)C[C@H](C)O1.O=C(O)C(F)(F)F. The Morgan fingerprint density at radius 1 is 1.00 bits per heavy atom. The van der Waals surface area contributed by atoms with E-state index in [0.717, 1.165) is 52.6 Å². The number of morpholine rings is 1. The zero-order chi connectivity index (χ0) is 33.6. The van der Waals surface area contributed by atoms with Gasteiger partial charge in [0.2, 0.25) is 0 Å². The Labute approximate surface area is 268 Å². The van der Waals surface area contributed by atoms with E-state index < -0.39 is 12.1 Å². The van der Waals surface area contributed by atoms with Crippen molar-refractivity contribution in [2.45, 2.75) is 38.8 Å². The molecule has 3 aromatic carbocycles. The molecule has 0 saturated carbocycles. The van der Waals surface area contributed by atoms with E-state index in [-0.39, 0.29) is 17.8 Å². The molecule has 0 bridgehead atoms. The van der Waals surface area contributed by atoms with Crippen LogP contribution in [-0.2, 0) is 16.1 Å². The van der Waals surface area contributed by atoms with Gasteiger partial charge in [-0.25, -0.2) is 9.78 Å². The number of alkyl halides is 3. The van der Waals surface area contributed by atoms with E-state index >= 15 is 0 Å². The molecule has 1 fully saturated rings. The van der Waals surface area contributed by atoms with E-state index in [0.29, 0.717) is 11.4 Å². The van der Waals surface area contributed by atoms with Crippen molar-refractivity contribution in [2.75, 3.05) is 13.1 Å². The fourth-order valence-electron chi connectivity index (χ4n) is 5.24. The number of hydrogen-bond acceptors (Lipinski definition) is 7. The highest BCUT2D eigenvalue weighted by Gasteiger charge is 2.38. The number of azo groups is 1. The average Bonchev–Trinajstić information content (AvgIpc) is 3.44. The van der Waals surface area contributed by atoms with Crippen molar-refractivity contribution in [3.05, 3.63) is 123 Å². The molecule has 3 heterocycles. The van der Waals surface area contributed by atoms with E-state index in [1.165, 1.54) is 5.56 Å². The highest BCUT2D eigenvalue weighted by molar-refractivity contribution is 5.73. The summed E-state index contributed by atoms with van der Waals surface area (Å²) >= 11 is 0. The summed E-state index contributed by atoms with van der Waals surface area (Å²) in [7, 11) is 0. The van der Waals surface area contributed by atoms with Crippen molar-refractivity contribution in [3.63, 3.8) is 0 Å². The van der Waals surface area contributed by atoms with Crippen LogP contribution in [-0.4, -0.2) is 57.4 Å². The first-order valence-corrected chi connectivity index (χ1v) is 14.8. The molecule has 242 valence electrons. The molecule has 0 unspecified atom stereocenters. The van der Waals surface area contributed by atoms with Crippen molar-refractivity contribution in [2.24, 2.45) is 10.2 Å². The third-order valence-corrected chi connectivity index (χ3v) is 7.31. The van der Waals surface area contributed by atoms with Crippen molar-refractivity contribution in [1.82, 2.24) is 14.9 Å². The van der Waals surface area contributed by atoms with Crippen LogP contribution in [0.5, 0.6) is 0 Å². The number of carboxylic acid groups (broad SMARTS) is 1. The lowest BCUT2D eigenvalue weighted by molar-refractivity contribution is -0.192. The lowest BCUT2D eigenvalue weighted by Gasteiger charge is -2.35. The van der Waals surface area contributed by atoms with Crippen molar-refractivity contribution < 1.29 is 27.8 Å². The van der Waals surface area contributed by atoms with Gasteiger partial charge in [-0.1, -0.05) is 66.7 Å². The number of hydrogen-bond donors (Lipinski definition) is 2.